The Kier molecular flexibility index (Phi) is 16.8. The molecule has 2 fully saturated rings. The first-order valence-corrected chi connectivity index (χ1v) is 22.8. The number of hydrogen-bond donors (Lipinski definition) is 8. The molecule has 1 heterocycles. The summed E-state index contributed by atoms with van der Waals surface area (Å²) in [6.07, 6.45) is 8.22. The number of carboxylic acids is 1. The van der Waals surface area contributed by atoms with Gasteiger partial charge in [0.2, 0.25) is 0 Å². The number of carbonyl (C=O) groups excluding carboxylic acids is 3. The maximum Gasteiger partial charge on any atom is 0.300 e. The lowest BCUT2D eigenvalue weighted by Gasteiger charge is -2.57. The highest BCUT2D eigenvalue weighted by Gasteiger charge is 2.72. The minimum atomic E-state index is -1.78. The van der Waals surface area contributed by atoms with Crippen molar-refractivity contribution in [3.63, 3.8) is 0 Å². The number of carbonyl (C=O) groups is 4. The Morgan fingerprint density at radius 2 is 1.25 bits per heavy atom. The average Bonchev–Trinajstić information content (AvgIpc) is 3.68. The van der Waals surface area contributed by atoms with Crippen molar-refractivity contribution in [3.05, 3.63) is 94.6 Å². The van der Waals surface area contributed by atoms with Crippen molar-refractivity contribution in [1.29, 1.82) is 0 Å². The Balaban J connectivity index is 0.000000269. The molecule has 15 nitrogen and oxygen atoms in total. The number of nitrogens with two attached hydrogens (primary N) is 1. The minimum Gasteiger partial charge on any atom is -0.481 e. The molecule has 370 valence electrons. The van der Waals surface area contributed by atoms with Crippen LogP contribution in [0, 0.1) is 47.3 Å². The van der Waals surface area contributed by atoms with Crippen LogP contribution < -0.4 is 5.73 Å². The van der Waals surface area contributed by atoms with Gasteiger partial charge in [0.1, 0.15) is 17.0 Å². The molecular weight excluding hydrogens is 859 g/mol. The number of Topliss-reactive ketones (excluding diaryl/α,β-unsaturated/α-hetero) is 3. The molecule has 7 aliphatic rings. The molecule has 6 aliphatic carbocycles. The summed E-state index contributed by atoms with van der Waals surface area (Å²) in [6.45, 7) is 17.6. The Morgan fingerprint density at radius 3 is 1.72 bits per heavy atom. The number of nitrogens with zero attached hydrogens (tertiary/aromatic N) is 2. The number of aliphatic hydroxyl groups excluding tert-OH is 2. The van der Waals surface area contributed by atoms with E-state index in [9.17, 15) is 45.0 Å². The molecule has 1 unspecified atom stereocenters. The number of ether oxygens (including phenoxy) is 1. The second kappa shape index (κ2) is 20.3. The van der Waals surface area contributed by atoms with Crippen molar-refractivity contribution in [3.8, 4) is 0 Å². The van der Waals surface area contributed by atoms with Crippen molar-refractivity contribution in [2.24, 2.45) is 63.3 Å². The lowest BCUT2D eigenvalue weighted by atomic mass is 9.52. The highest BCUT2D eigenvalue weighted by atomic mass is 16.5. The molecule has 9 N–H and O–H groups in total. The van der Waals surface area contributed by atoms with E-state index in [0.29, 0.717) is 40.9 Å². The lowest BCUT2D eigenvalue weighted by Crippen LogP contribution is -2.67. The molecule has 0 radical (unpaired) electrons. The van der Waals surface area contributed by atoms with Gasteiger partial charge in [-0.2, -0.15) is 10.2 Å². The van der Waals surface area contributed by atoms with E-state index in [0.717, 1.165) is 13.3 Å². The van der Waals surface area contributed by atoms with E-state index in [1.165, 1.54) is 12.6 Å². The Labute approximate surface area is 395 Å². The van der Waals surface area contributed by atoms with Crippen molar-refractivity contribution >= 4 is 23.3 Å². The van der Waals surface area contributed by atoms with E-state index in [-0.39, 0.29) is 63.3 Å². The van der Waals surface area contributed by atoms with Gasteiger partial charge in [-0.05, 0) is 87.8 Å². The number of rotatable bonds is 7. The summed E-state index contributed by atoms with van der Waals surface area (Å²) in [6, 6.07) is 10.1. The highest BCUT2D eigenvalue weighted by Crippen LogP contribution is 2.63. The quantitative estimate of drug-likeness (QED) is 0.167. The van der Waals surface area contributed by atoms with E-state index in [1.54, 1.807) is 45.9 Å². The molecule has 0 aromatic heterocycles. The second-order valence-corrected chi connectivity index (χ2v) is 20.1. The van der Waals surface area contributed by atoms with Crippen LogP contribution >= 0.6 is 0 Å². The number of fused-ring (bicyclic) bond motifs is 8. The predicted octanol–water partition coefficient (Wildman–Crippen LogP) is 5.02. The zero-order valence-corrected chi connectivity index (χ0v) is 39.8. The van der Waals surface area contributed by atoms with E-state index < -0.39 is 80.9 Å². The summed E-state index contributed by atoms with van der Waals surface area (Å²) >= 11 is 0. The molecule has 1 aromatic rings. The normalized spacial score (nSPS) is 38.5. The number of ketones is 3. The van der Waals surface area contributed by atoms with Crippen LogP contribution in [0.25, 0.3) is 0 Å². The number of hydrogen-bond acceptors (Lipinski definition) is 14. The first-order chi connectivity index (χ1) is 30.8. The highest BCUT2D eigenvalue weighted by molar-refractivity contribution is 6.05. The van der Waals surface area contributed by atoms with Crippen LogP contribution in [0.1, 0.15) is 94.1 Å². The maximum atomic E-state index is 13.1. The molecule has 0 bridgehead atoms. The fraction of sp³-hybridized carbons (Fsp3) is 0.615. The zero-order chi connectivity index (χ0) is 49.5. The third-order valence-corrected chi connectivity index (χ3v) is 15.2. The van der Waals surface area contributed by atoms with Crippen LogP contribution in [0.2, 0.25) is 0 Å². The van der Waals surface area contributed by atoms with Gasteiger partial charge in [-0.1, -0.05) is 88.1 Å². The molecule has 2 saturated carbocycles. The number of aliphatic hydroxyl groups is 6. The number of carboxylic acid groups (broad SMARTS) is 1. The fourth-order valence-electron chi connectivity index (χ4n) is 12.4. The minimum absolute atomic E-state index is 0. The van der Waals surface area contributed by atoms with Gasteiger partial charge in [-0.3, -0.25) is 19.2 Å². The van der Waals surface area contributed by atoms with Crippen molar-refractivity contribution in [2.45, 2.75) is 129 Å². The maximum absolute atomic E-state index is 13.1. The summed E-state index contributed by atoms with van der Waals surface area (Å²) < 4.78 is 6.58. The zero-order valence-electron chi connectivity index (χ0n) is 39.8. The lowest BCUT2D eigenvalue weighted by molar-refractivity contribution is -0.226. The summed E-state index contributed by atoms with van der Waals surface area (Å²) in [5, 5.41) is 83.9. The van der Waals surface area contributed by atoms with Gasteiger partial charge in [0.05, 0.1) is 36.6 Å². The van der Waals surface area contributed by atoms with Crippen LogP contribution in [-0.4, -0.2) is 120 Å². The van der Waals surface area contributed by atoms with Crippen LogP contribution in [0.4, 0.5) is 0 Å². The first-order valence-electron chi connectivity index (χ1n) is 22.8. The van der Waals surface area contributed by atoms with E-state index in [1.807, 2.05) is 45.0 Å². The summed E-state index contributed by atoms with van der Waals surface area (Å²) in [7, 11) is 1.50. The van der Waals surface area contributed by atoms with Crippen LogP contribution in [0.3, 0.4) is 0 Å². The van der Waals surface area contributed by atoms with Crippen molar-refractivity contribution in [1.82, 2.24) is 0 Å². The number of benzene rings is 1. The largest absolute Gasteiger partial charge is 0.481 e. The number of allylic oxidation sites excluding steroid dienone is 1. The van der Waals surface area contributed by atoms with E-state index in [4.69, 9.17) is 19.8 Å². The van der Waals surface area contributed by atoms with Crippen LogP contribution in [-0.2, 0) is 30.3 Å². The van der Waals surface area contributed by atoms with E-state index in [2.05, 4.69) is 29.6 Å². The summed E-state index contributed by atoms with van der Waals surface area (Å²) in [5.74, 6) is -6.09. The van der Waals surface area contributed by atoms with Gasteiger partial charge in [0.25, 0.3) is 5.97 Å². The van der Waals surface area contributed by atoms with Gasteiger partial charge < -0.3 is 46.2 Å². The summed E-state index contributed by atoms with van der Waals surface area (Å²) in [5.41, 5.74) is 0.162. The molecule has 8 rings (SSSR count). The first kappa shape index (κ1) is 55.3. The molecule has 1 aliphatic heterocycles. The monoisotopic (exact) mass is 934 g/mol. The average molecular weight is 934 g/mol. The molecule has 0 saturated heterocycles. The topological polar surface area (TPSA) is 270 Å². The SMILES string of the molecule is C.C=C(C)[C@@H]1C(=O)C[C@@H](C)[C@@]2(O)[C@H]1C=C(CO)C[C@]1(O)C(=O)C(C)=C[C@@H]21.CC(=O)O.CC1=C[C@H]2[C@@]3(O)[C@H](C)CC4(OCCc5ccccc5)N=NC(C)(C)[C@H]4[C@@H]3C=C(CO)C[C@]2(O)C1=O.CN. The van der Waals surface area contributed by atoms with Crippen LogP contribution in [0.5, 0.6) is 0 Å². The molecule has 1 aromatic carbocycles. The van der Waals surface area contributed by atoms with Gasteiger partial charge in [-0.15, -0.1) is 0 Å². The third-order valence-electron chi connectivity index (χ3n) is 15.2. The third kappa shape index (κ3) is 9.42. The molecule has 0 amide bonds. The smallest absolute Gasteiger partial charge is 0.300 e. The summed E-state index contributed by atoms with van der Waals surface area (Å²) in [4.78, 5) is 47.4. The predicted molar refractivity (Wildman–Crippen MR) is 253 cm³/mol. The van der Waals surface area contributed by atoms with Gasteiger partial charge in [0, 0.05) is 68.1 Å². The molecular formula is C52H75N3O12. The van der Waals surface area contributed by atoms with Gasteiger partial charge in [-0.25, -0.2) is 0 Å². The Hall–Kier alpha value is -4.32. The second-order valence-electron chi connectivity index (χ2n) is 20.1. The van der Waals surface area contributed by atoms with E-state index >= 15 is 0 Å². The van der Waals surface area contributed by atoms with Gasteiger partial charge >= 0.3 is 0 Å². The fourth-order valence-corrected chi connectivity index (χ4v) is 12.4. The molecule has 67 heavy (non-hydrogen) atoms. The van der Waals surface area contributed by atoms with Crippen LogP contribution in [0.15, 0.2) is 99.3 Å². The Morgan fingerprint density at radius 1 is 0.791 bits per heavy atom. The van der Waals surface area contributed by atoms with Crippen molar-refractivity contribution < 1.29 is 59.7 Å². The molecule has 0 spiro atoms. The number of azo groups is 1. The molecule has 15 heteroatoms. The standard InChI is InChI=1S/C28H36N2O5.C20H26O5.C2H4O2.CH5N.CH4/c1-17-12-22-26(33,24(17)32)15-20(16-31)13-21-23-25(3,4)29-30-27(23,14-18(2)28(21,22)34)35-11-10-19-8-6-5-7-9-19;1-10(2)17-14-7-13(9-21)8-19(24)16(5-11(3)18(19)23)20(14,25)12(4)6-15(17)22;1-2(3)4;1-2;/h5-9,12-13,18,21-23,31,33-34H,10-11,14-16H2,1-4H3;5,7,12,14,16-17,21,24-25H,1,6,8-9H2,2-4H3;1H3,(H,3,4);2H2,1H3;1H4/t18-,21+,22-,23-,26-,27?,28-;12-,14+,16-,17+,19-,20-;;;/m11.../s1. The molecule has 13 atom stereocenters. The number of aliphatic carboxylic acids is 1. The van der Waals surface area contributed by atoms with Crippen molar-refractivity contribution in [2.75, 3.05) is 26.9 Å². The Bertz CT molecular complexity index is 2230. The van der Waals surface area contributed by atoms with Gasteiger partial charge in [0.15, 0.2) is 17.3 Å².